The van der Waals surface area contributed by atoms with E-state index in [4.69, 9.17) is 10.00 Å². The van der Waals surface area contributed by atoms with Crippen molar-refractivity contribution >= 4 is 22.6 Å². The first-order valence-electron chi connectivity index (χ1n) is 9.94. The molecule has 3 heterocycles. The molecule has 30 heavy (non-hydrogen) atoms. The number of anilines is 1. The lowest BCUT2D eigenvalue weighted by atomic mass is 9.97. The number of rotatable bonds is 5. The summed E-state index contributed by atoms with van der Waals surface area (Å²) in [5.74, 6) is -1.50. The van der Waals surface area contributed by atoms with Crippen molar-refractivity contribution in [3.8, 4) is 11.8 Å². The monoisotopic (exact) mass is 414 g/mol. The summed E-state index contributed by atoms with van der Waals surface area (Å²) in [6.45, 7) is 3.25. The molecule has 0 spiro atoms. The van der Waals surface area contributed by atoms with Crippen LogP contribution in [0.4, 0.5) is 10.1 Å². The molecule has 1 saturated heterocycles. The summed E-state index contributed by atoms with van der Waals surface area (Å²) < 4.78 is 22.9. The number of ether oxygens (including phenoxy) is 1. The summed E-state index contributed by atoms with van der Waals surface area (Å²) in [6, 6.07) is 3.12. The zero-order chi connectivity index (χ0) is 21.6. The van der Waals surface area contributed by atoms with E-state index in [-0.39, 0.29) is 41.3 Å². The molecule has 1 aromatic carbocycles. The maximum absolute atomic E-state index is 15.3. The van der Waals surface area contributed by atoms with Gasteiger partial charge in [-0.1, -0.05) is 0 Å². The van der Waals surface area contributed by atoms with Crippen molar-refractivity contribution in [3.63, 3.8) is 0 Å². The van der Waals surface area contributed by atoms with Gasteiger partial charge in [0, 0.05) is 25.3 Å². The van der Waals surface area contributed by atoms with Crippen LogP contribution in [0.5, 0.6) is 5.75 Å². The Morgan fingerprint density at radius 3 is 2.97 bits per heavy atom. The van der Waals surface area contributed by atoms with E-state index in [1.807, 2.05) is 18.9 Å². The van der Waals surface area contributed by atoms with E-state index in [9.17, 15) is 14.7 Å². The number of benzene rings is 1. The molecular weight excluding hydrogens is 391 g/mol. The minimum absolute atomic E-state index is 0.00558. The fraction of sp³-hybridized carbons (Fsp3) is 0.476. The lowest BCUT2D eigenvalue weighted by molar-refractivity contribution is 0.0694. The largest absolute Gasteiger partial charge is 0.487 e. The molecular formula is C21H23FN4O4. The number of nitriles is 1. The summed E-state index contributed by atoms with van der Waals surface area (Å²) >= 11 is 0. The Morgan fingerprint density at radius 1 is 1.53 bits per heavy atom. The summed E-state index contributed by atoms with van der Waals surface area (Å²) in [4.78, 5) is 26.1. The number of aromatic nitrogens is 1. The average molecular weight is 414 g/mol. The lowest BCUT2D eigenvalue weighted by Gasteiger charge is -2.31. The molecule has 0 bridgehead atoms. The molecule has 0 aliphatic carbocycles. The minimum atomic E-state index is -1.34. The average Bonchev–Trinajstić information content (AvgIpc) is 3.19. The summed E-state index contributed by atoms with van der Waals surface area (Å²) in [5, 5.41) is 21.6. The third-order valence-electron chi connectivity index (χ3n) is 6.16. The fourth-order valence-electron chi connectivity index (χ4n) is 4.58. The molecule has 0 saturated carbocycles. The molecule has 2 aliphatic heterocycles. The van der Waals surface area contributed by atoms with E-state index >= 15 is 4.39 Å². The van der Waals surface area contributed by atoms with Gasteiger partial charge >= 0.3 is 5.97 Å². The van der Waals surface area contributed by atoms with E-state index in [1.54, 1.807) is 4.57 Å². The Hall–Kier alpha value is -3.12. The van der Waals surface area contributed by atoms with Gasteiger partial charge in [-0.3, -0.25) is 4.79 Å². The van der Waals surface area contributed by atoms with Crippen LogP contribution in [-0.2, 0) is 0 Å². The first-order chi connectivity index (χ1) is 14.4. The first-order valence-corrected chi connectivity index (χ1v) is 9.94. The number of pyridine rings is 1. The van der Waals surface area contributed by atoms with Crippen LogP contribution in [0.25, 0.3) is 10.9 Å². The second kappa shape index (κ2) is 7.61. The highest BCUT2D eigenvalue weighted by atomic mass is 19.1. The van der Waals surface area contributed by atoms with Crippen molar-refractivity contribution in [1.29, 1.82) is 5.26 Å². The molecule has 9 heteroatoms. The molecule has 0 radical (unpaired) electrons. The molecule has 158 valence electrons. The Kier molecular flexibility index (Phi) is 5.12. The van der Waals surface area contributed by atoms with Gasteiger partial charge in [0.25, 0.3) is 0 Å². The molecule has 8 nitrogen and oxygen atoms in total. The Balaban J connectivity index is 1.85. The van der Waals surface area contributed by atoms with Gasteiger partial charge in [0.15, 0.2) is 11.6 Å². The number of carbonyl (C=O) groups is 1. The first kappa shape index (κ1) is 20.2. The van der Waals surface area contributed by atoms with Gasteiger partial charge in [0.05, 0.1) is 29.4 Å². The van der Waals surface area contributed by atoms with Crippen molar-refractivity contribution in [1.82, 2.24) is 9.88 Å². The number of halogens is 1. The Bertz CT molecular complexity index is 1120. The van der Waals surface area contributed by atoms with Gasteiger partial charge in [-0.15, -0.1) is 0 Å². The fourth-order valence-corrected chi connectivity index (χ4v) is 4.58. The Morgan fingerprint density at radius 2 is 2.30 bits per heavy atom. The second-order valence-corrected chi connectivity index (χ2v) is 7.93. The number of carboxylic acid groups (broad SMARTS) is 1. The second-order valence-electron chi connectivity index (χ2n) is 7.93. The van der Waals surface area contributed by atoms with Crippen LogP contribution in [0.3, 0.4) is 0 Å². The molecule has 3 atom stereocenters. The zero-order valence-corrected chi connectivity index (χ0v) is 16.8. The molecule has 1 aromatic heterocycles. The van der Waals surface area contributed by atoms with E-state index in [0.717, 1.165) is 12.5 Å². The van der Waals surface area contributed by atoms with Gasteiger partial charge in [0.1, 0.15) is 17.9 Å². The molecule has 0 amide bonds. The minimum Gasteiger partial charge on any atom is -0.487 e. The number of aromatic carboxylic acids is 1. The molecule has 2 unspecified atom stereocenters. The number of nitrogens with one attached hydrogen (secondary N) is 1. The van der Waals surface area contributed by atoms with Crippen LogP contribution in [0.2, 0.25) is 0 Å². The predicted molar refractivity (Wildman–Crippen MR) is 109 cm³/mol. The molecule has 1 fully saturated rings. The Labute approximate surface area is 172 Å². The topological polar surface area (TPSA) is 108 Å². The van der Waals surface area contributed by atoms with Crippen LogP contribution in [0.1, 0.15) is 36.2 Å². The lowest BCUT2D eigenvalue weighted by Crippen LogP contribution is -2.35. The van der Waals surface area contributed by atoms with Crippen LogP contribution in [0, 0.1) is 23.1 Å². The summed E-state index contributed by atoms with van der Waals surface area (Å²) in [5.41, 5.74) is -0.392. The highest BCUT2D eigenvalue weighted by Gasteiger charge is 2.35. The smallest absolute Gasteiger partial charge is 0.341 e. The van der Waals surface area contributed by atoms with Gasteiger partial charge < -0.3 is 24.6 Å². The summed E-state index contributed by atoms with van der Waals surface area (Å²) in [6.07, 6.45) is 2.49. The molecule has 2 aliphatic rings. The van der Waals surface area contributed by atoms with Crippen LogP contribution in [0.15, 0.2) is 17.1 Å². The van der Waals surface area contributed by atoms with Crippen molar-refractivity contribution in [3.05, 3.63) is 33.9 Å². The van der Waals surface area contributed by atoms with Crippen LogP contribution in [-0.4, -0.2) is 48.4 Å². The van der Waals surface area contributed by atoms with Crippen molar-refractivity contribution in [2.75, 3.05) is 31.6 Å². The van der Waals surface area contributed by atoms with Crippen LogP contribution >= 0.6 is 0 Å². The number of hydrogen-bond donors (Lipinski definition) is 2. The standard InChI is InChI=1S/C21H23FN4O4/c1-11-10-30-20-17-13(19(27)14(21(28)29)9-26(11)17)7-15(22)18(20)25-6-4-12(8-25)16(24-2)3-5-23/h7,9,11-12,16,24H,3-4,6,8,10H2,1-2H3,(H,28,29)/t11-,12?,16?/m0/s1. The van der Waals surface area contributed by atoms with Crippen molar-refractivity contribution in [2.45, 2.75) is 31.8 Å². The molecule has 2 aromatic rings. The van der Waals surface area contributed by atoms with Crippen molar-refractivity contribution < 1.29 is 19.0 Å². The number of carboxylic acids is 1. The highest BCUT2D eigenvalue weighted by Crippen LogP contribution is 2.43. The number of hydrogen-bond acceptors (Lipinski definition) is 6. The third kappa shape index (κ3) is 3.08. The maximum Gasteiger partial charge on any atom is 0.341 e. The maximum atomic E-state index is 15.3. The SMILES string of the molecule is CNC(CC#N)C1CCN(c2c(F)cc3c(=O)c(C(=O)O)cn4c3c2OC[C@@H]4C)C1. The van der Waals surface area contributed by atoms with Gasteiger partial charge in [-0.2, -0.15) is 5.26 Å². The molecule has 2 N–H and O–H groups in total. The zero-order valence-electron chi connectivity index (χ0n) is 16.8. The van der Waals surface area contributed by atoms with Crippen molar-refractivity contribution in [2.24, 2.45) is 5.92 Å². The molecule has 4 rings (SSSR count). The predicted octanol–water partition coefficient (Wildman–Crippen LogP) is 2.12. The van der Waals surface area contributed by atoms with E-state index in [0.29, 0.717) is 30.7 Å². The van der Waals surface area contributed by atoms with Gasteiger partial charge in [-0.05, 0) is 32.4 Å². The van der Waals surface area contributed by atoms with Gasteiger partial charge in [-0.25, -0.2) is 9.18 Å². The van der Waals surface area contributed by atoms with Crippen LogP contribution < -0.4 is 20.4 Å². The van der Waals surface area contributed by atoms with Gasteiger partial charge in [0.2, 0.25) is 5.43 Å². The third-order valence-corrected chi connectivity index (χ3v) is 6.16. The highest BCUT2D eigenvalue weighted by molar-refractivity contribution is 5.97. The van der Waals surface area contributed by atoms with E-state index in [1.165, 1.54) is 6.20 Å². The normalized spacial score (nSPS) is 21.3. The quantitative estimate of drug-likeness (QED) is 0.772. The number of nitrogens with zero attached hydrogens (tertiary/aromatic N) is 3. The summed E-state index contributed by atoms with van der Waals surface area (Å²) in [7, 11) is 1.81. The van der Waals surface area contributed by atoms with E-state index in [2.05, 4.69) is 11.4 Å². The van der Waals surface area contributed by atoms with E-state index < -0.39 is 17.2 Å².